The third-order valence-electron chi connectivity index (χ3n) is 4.53. The minimum Gasteiger partial charge on any atom is -0.331 e. The number of carbonyl (C=O) groups excluding carboxylic acids is 2. The first kappa shape index (κ1) is 21.6. The molecule has 4 nitrogen and oxygen atoms in total. The number of Topliss-reactive ketones (excluding diaryl/α,β-unsaturated/α-hetero) is 1. The van der Waals surface area contributed by atoms with Gasteiger partial charge < -0.3 is 4.90 Å². The molecule has 1 heterocycles. The molecule has 0 unspecified atom stereocenters. The van der Waals surface area contributed by atoms with Crippen molar-refractivity contribution < 1.29 is 22.8 Å². The van der Waals surface area contributed by atoms with Crippen LogP contribution in [0, 0.1) is 0 Å². The maximum atomic E-state index is 13.1. The lowest BCUT2D eigenvalue weighted by Crippen LogP contribution is -2.47. The number of pyridine rings is 1. The fourth-order valence-electron chi connectivity index (χ4n) is 2.92. The van der Waals surface area contributed by atoms with Crippen LogP contribution in [-0.2, 0) is 27.7 Å². The number of halogens is 3. The van der Waals surface area contributed by atoms with Gasteiger partial charge in [-0.05, 0) is 38.5 Å². The number of ketones is 1. The van der Waals surface area contributed by atoms with E-state index in [1.807, 2.05) is 18.2 Å². The zero-order valence-electron chi connectivity index (χ0n) is 16.1. The first-order valence-corrected chi connectivity index (χ1v) is 8.90. The van der Waals surface area contributed by atoms with Crippen LogP contribution in [0.15, 0.2) is 48.5 Å². The van der Waals surface area contributed by atoms with E-state index in [1.165, 1.54) is 24.0 Å². The molecule has 2 aromatic rings. The molecule has 0 N–H and O–H groups in total. The van der Waals surface area contributed by atoms with Crippen LogP contribution in [0.5, 0.6) is 0 Å². The summed E-state index contributed by atoms with van der Waals surface area (Å²) in [6, 6.07) is 12.7. The second-order valence-electron chi connectivity index (χ2n) is 7.12. The monoisotopic (exact) mass is 392 g/mol. The molecule has 0 atom stereocenters. The number of amides is 1. The molecule has 0 aliphatic heterocycles. The van der Waals surface area contributed by atoms with E-state index in [-0.39, 0.29) is 36.8 Å². The van der Waals surface area contributed by atoms with Gasteiger partial charge in [-0.15, -0.1) is 0 Å². The number of hydrogen-bond donors (Lipinski definition) is 0. The summed E-state index contributed by atoms with van der Waals surface area (Å²) in [5.74, 6) is -0.387. The Morgan fingerprint density at radius 1 is 0.964 bits per heavy atom. The predicted octanol–water partition coefficient (Wildman–Crippen LogP) is 4.39. The molecule has 1 aromatic heterocycles. The van der Waals surface area contributed by atoms with E-state index < -0.39 is 17.4 Å². The van der Waals surface area contributed by atoms with Crippen LogP contribution < -0.4 is 0 Å². The maximum Gasteiger partial charge on any atom is 0.433 e. The summed E-state index contributed by atoms with van der Waals surface area (Å²) in [6.45, 7) is 4.79. The molecular weight excluding hydrogens is 369 g/mol. The lowest BCUT2D eigenvalue weighted by Gasteiger charge is -2.38. The molecule has 0 fully saturated rings. The Bertz CT molecular complexity index is 833. The summed E-state index contributed by atoms with van der Waals surface area (Å²) in [4.78, 5) is 29.7. The van der Waals surface area contributed by atoms with Gasteiger partial charge in [0.05, 0.1) is 17.7 Å². The van der Waals surface area contributed by atoms with Crippen molar-refractivity contribution >= 4 is 11.7 Å². The molecule has 1 amide bonds. The Kier molecular flexibility index (Phi) is 6.59. The Labute approximate surface area is 162 Å². The second kappa shape index (κ2) is 8.54. The van der Waals surface area contributed by atoms with Gasteiger partial charge in [0.2, 0.25) is 5.91 Å². The van der Waals surface area contributed by atoms with E-state index in [2.05, 4.69) is 4.98 Å². The average molecular weight is 392 g/mol. The van der Waals surface area contributed by atoms with E-state index in [0.29, 0.717) is 0 Å². The van der Waals surface area contributed by atoms with Crippen molar-refractivity contribution in [2.75, 3.05) is 6.54 Å². The molecule has 0 radical (unpaired) electrons. The lowest BCUT2D eigenvalue weighted by atomic mass is 9.95. The highest BCUT2D eigenvalue weighted by Crippen LogP contribution is 2.32. The van der Waals surface area contributed by atoms with Gasteiger partial charge in [0, 0.05) is 13.0 Å². The Balaban J connectivity index is 2.37. The van der Waals surface area contributed by atoms with Crippen LogP contribution in [0.3, 0.4) is 0 Å². The standard InChI is InChI=1S/C21H23F3N2O2/c1-15(27)12-13-26(19(28)14-16-8-5-4-6-9-16)20(2,3)17-10-7-11-18(25-17)21(22,23)24/h4-11H,12-14H2,1-3H3. The Morgan fingerprint density at radius 3 is 2.14 bits per heavy atom. The van der Waals surface area contributed by atoms with Gasteiger partial charge in [-0.25, -0.2) is 4.98 Å². The number of nitrogens with zero attached hydrogens (tertiary/aromatic N) is 2. The molecule has 0 bridgehead atoms. The number of carbonyl (C=O) groups is 2. The summed E-state index contributed by atoms with van der Waals surface area (Å²) in [5, 5.41) is 0. The van der Waals surface area contributed by atoms with Gasteiger partial charge in [0.1, 0.15) is 11.5 Å². The number of alkyl halides is 3. The molecule has 0 spiro atoms. The minimum atomic E-state index is -4.58. The summed E-state index contributed by atoms with van der Waals surface area (Å²) in [7, 11) is 0. The van der Waals surface area contributed by atoms with Crippen molar-refractivity contribution in [3.05, 3.63) is 65.5 Å². The molecule has 28 heavy (non-hydrogen) atoms. The van der Waals surface area contributed by atoms with E-state index in [9.17, 15) is 22.8 Å². The molecule has 7 heteroatoms. The fourth-order valence-corrected chi connectivity index (χ4v) is 2.92. The molecule has 150 valence electrons. The third-order valence-corrected chi connectivity index (χ3v) is 4.53. The molecule has 0 aliphatic carbocycles. The van der Waals surface area contributed by atoms with Crippen molar-refractivity contribution in [3.63, 3.8) is 0 Å². The SMILES string of the molecule is CC(=O)CCN(C(=O)Cc1ccccc1)C(C)(C)c1cccc(C(F)(F)F)n1. The normalized spacial score (nSPS) is 11.9. The summed E-state index contributed by atoms with van der Waals surface area (Å²) in [6.07, 6.45) is -4.38. The van der Waals surface area contributed by atoms with Crippen LogP contribution in [0.1, 0.15) is 44.1 Å². The molecule has 2 rings (SSSR count). The summed E-state index contributed by atoms with van der Waals surface area (Å²) < 4.78 is 39.2. The van der Waals surface area contributed by atoms with Gasteiger partial charge in [0.25, 0.3) is 0 Å². The van der Waals surface area contributed by atoms with Gasteiger partial charge in [-0.3, -0.25) is 9.59 Å². The minimum absolute atomic E-state index is 0.0845. The maximum absolute atomic E-state index is 13.1. The van der Waals surface area contributed by atoms with Crippen LogP contribution in [0.2, 0.25) is 0 Å². The van der Waals surface area contributed by atoms with Crippen molar-refractivity contribution in [1.82, 2.24) is 9.88 Å². The van der Waals surface area contributed by atoms with Gasteiger partial charge in [-0.2, -0.15) is 13.2 Å². The van der Waals surface area contributed by atoms with Crippen LogP contribution in [0.25, 0.3) is 0 Å². The van der Waals surface area contributed by atoms with Crippen LogP contribution in [-0.4, -0.2) is 28.1 Å². The zero-order valence-corrected chi connectivity index (χ0v) is 16.1. The average Bonchev–Trinajstić information content (AvgIpc) is 2.61. The van der Waals surface area contributed by atoms with Crippen molar-refractivity contribution in [2.24, 2.45) is 0 Å². The Morgan fingerprint density at radius 2 is 1.57 bits per heavy atom. The number of benzene rings is 1. The first-order chi connectivity index (χ1) is 13.0. The third kappa shape index (κ3) is 5.41. The molecule has 0 saturated heterocycles. The largest absolute Gasteiger partial charge is 0.433 e. The van der Waals surface area contributed by atoms with Crippen LogP contribution in [0.4, 0.5) is 13.2 Å². The molecule has 0 saturated carbocycles. The van der Waals surface area contributed by atoms with Crippen molar-refractivity contribution in [3.8, 4) is 0 Å². The first-order valence-electron chi connectivity index (χ1n) is 8.90. The van der Waals surface area contributed by atoms with E-state index in [1.54, 1.807) is 26.0 Å². The van der Waals surface area contributed by atoms with Gasteiger partial charge in [-0.1, -0.05) is 36.4 Å². The summed E-state index contributed by atoms with van der Waals surface area (Å²) >= 11 is 0. The molecule has 1 aromatic carbocycles. The molecule has 0 aliphatic rings. The van der Waals surface area contributed by atoms with E-state index >= 15 is 0 Å². The second-order valence-corrected chi connectivity index (χ2v) is 7.12. The Hall–Kier alpha value is -2.70. The molecular formula is C21H23F3N2O2. The van der Waals surface area contributed by atoms with E-state index in [0.717, 1.165) is 11.6 Å². The van der Waals surface area contributed by atoms with Crippen LogP contribution >= 0.6 is 0 Å². The number of hydrogen-bond acceptors (Lipinski definition) is 3. The summed E-state index contributed by atoms with van der Waals surface area (Å²) in [5.41, 5.74) is -1.23. The van der Waals surface area contributed by atoms with Gasteiger partial charge >= 0.3 is 6.18 Å². The van der Waals surface area contributed by atoms with Crippen molar-refractivity contribution in [2.45, 2.75) is 45.3 Å². The number of rotatable bonds is 7. The van der Waals surface area contributed by atoms with Gasteiger partial charge in [0.15, 0.2) is 0 Å². The highest BCUT2D eigenvalue weighted by Gasteiger charge is 2.37. The predicted molar refractivity (Wildman–Crippen MR) is 99.4 cm³/mol. The highest BCUT2D eigenvalue weighted by atomic mass is 19.4. The van der Waals surface area contributed by atoms with E-state index in [4.69, 9.17) is 0 Å². The fraction of sp³-hybridized carbons (Fsp3) is 0.381. The topological polar surface area (TPSA) is 50.3 Å². The van der Waals surface area contributed by atoms with Crippen molar-refractivity contribution in [1.29, 1.82) is 0 Å². The highest BCUT2D eigenvalue weighted by molar-refractivity contribution is 5.81. The lowest BCUT2D eigenvalue weighted by molar-refractivity contribution is -0.141. The zero-order chi connectivity index (χ0) is 20.9. The quantitative estimate of drug-likeness (QED) is 0.702. The number of aromatic nitrogens is 1. The smallest absolute Gasteiger partial charge is 0.331 e.